The number of nitrogens with zero attached hydrogens (tertiary/aromatic N) is 5. The molecule has 7 N–H and O–H groups in total. The predicted octanol–water partition coefficient (Wildman–Crippen LogP) is 2.95. The third kappa shape index (κ3) is 8.36. The minimum absolute atomic E-state index is 0. The number of aromatic nitrogens is 5. The molecule has 2 aliphatic rings. The lowest BCUT2D eigenvalue weighted by atomic mass is 9.81. The highest BCUT2D eigenvalue weighted by Crippen LogP contribution is 2.32. The van der Waals surface area contributed by atoms with Crippen LogP contribution in [-0.4, -0.2) is 75.0 Å². The number of amides is 3. The largest absolute Gasteiger partial charge is 0.347 e. The first-order chi connectivity index (χ1) is 23.3. The van der Waals surface area contributed by atoms with E-state index in [1.54, 1.807) is 30.3 Å². The second-order valence-electron chi connectivity index (χ2n) is 12.7. The Morgan fingerprint density at radius 1 is 0.959 bits per heavy atom. The summed E-state index contributed by atoms with van der Waals surface area (Å²) in [5.74, 6) is -0.349. The Morgan fingerprint density at radius 2 is 1.67 bits per heavy atom. The molecule has 49 heavy (non-hydrogen) atoms. The van der Waals surface area contributed by atoms with E-state index in [0.717, 1.165) is 54.7 Å². The number of anilines is 1. The number of imide groups is 1. The summed E-state index contributed by atoms with van der Waals surface area (Å²) in [5, 5.41) is 20.3. The standard InChI is InChI=1S/C35H42N10O3.ClH/c1-21-29(14-15-31(39-21)33(46)40-27-16-17-38-20-27)24-6-2-22(3-7-24)18-30(37)35(48)45(34(47)26-8-4-23(19-36)5-9-26)28-12-10-25(11-13-28)32-41-43-44-42-32;/h2-3,6-7,10-15,23,26-27,30,38H,4-5,8-9,16-20,36-37H2,1H3,(H,40,46)(H,41,42,43,44);1H/t23-,26-,27-,30-;/m0./s1. The van der Waals surface area contributed by atoms with E-state index in [1.807, 2.05) is 37.3 Å². The SMILES string of the molecule is Cc1nc(C(=O)N[C@H]2CCNC2)ccc1-c1ccc(C[C@H](N)C(=O)N(c2ccc(-c3nn[nH]n3)cc2)C(=O)[C@H]2CC[C@H](CN)CC2)cc1.Cl. The predicted molar refractivity (Wildman–Crippen MR) is 189 cm³/mol. The molecule has 1 saturated heterocycles. The van der Waals surface area contributed by atoms with Crippen molar-refractivity contribution in [2.45, 2.75) is 57.5 Å². The molecule has 2 atom stereocenters. The fraction of sp³-hybridized carbons (Fsp3) is 0.400. The molecule has 2 fully saturated rings. The zero-order chi connectivity index (χ0) is 33.6. The lowest BCUT2D eigenvalue weighted by Crippen LogP contribution is -2.50. The van der Waals surface area contributed by atoms with Crippen LogP contribution >= 0.6 is 12.4 Å². The molecule has 1 saturated carbocycles. The Morgan fingerprint density at radius 3 is 2.29 bits per heavy atom. The molecule has 0 bridgehead atoms. The molecule has 2 aromatic heterocycles. The van der Waals surface area contributed by atoms with Crippen LogP contribution in [0.25, 0.3) is 22.5 Å². The number of aryl methyl sites for hydroxylation is 1. The Bertz CT molecular complexity index is 1720. The maximum absolute atomic E-state index is 14.0. The van der Waals surface area contributed by atoms with Gasteiger partial charge in [-0.3, -0.25) is 14.4 Å². The van der Waals surface area contributed by atoms with Crippen LogP contribution in [0.1, 0.15) is 53.8 Å². The van der Waals surface area contributed by atoms with Crippen molar-refractivity contribution >= 4 is 35.8 Å². The van der Waals surface area contributed by atoms with Crippen LogP contribution in [-0.2, 0) is 16.0 Å². The molecular formula is C35H43ClN10O3. The summed E-state index contributed by atoms with van der Waals surface area (Å²) in [6, 6.07) is 17.5. The molecule has 0 spiro atoms. The lowest BCUT2D eigenvalue weighted by Gasteiger charge is -2.32. The molecule has 0 radical (unpaired) electrons. The van der Waals surface area contributed by atoms with Gasteiger partial charge in [0.05, 0.1) is 11.7 Å². The summed E-state index contributed by atoms with van der Waals surface area (Å²) in [5.41, 5.74) is 17.4. The van der Waals surface area contributed by atoms with Crippen LogP contribution in [0.15, 0.2) is 60.7 Å². The van der Waals surface area contributed by atoms with Crippen LogP contribution in [0.4, 0.5) is 5.69 Å². The second-order valence-corrected chi connectivity index (χ2v) is 12.7. The van der Waals surface area contributed by atoms with E-state index >= 15 is 0 Å². The molecule has 6 rings (SSSR count). The Hall–Kier alpha value is -4.56. The van der Waals surface area contributed by atoms with Gasteiger partial charge < -0.3 is 22.1 Å². The smallest absolute Gasteiger partial charge is 0.270 e. The molecule has 4 aromatic rings. The van der Waals surface area contributed by atoms with E-state index in [9.17, 15) is 14.4 Å². The van der Waals surface area contributed by atoms with E-state index in [4.69, 9.17) is 11.5 Å². The molecule has 2 aromatic carbocycles. The first-order valence-corrected chi connectivity index (χ1v) is 16.6. The monoisotopic (exact) mass is 686 g/mol. The van der Waals surface area contributed by atoms with Crippen molar-refractivity contribution in [3.05, 3.63) is 77.6 Å². The number of pyridine rings is 1. The third-order valence-electron chi connectivity index (χ3n) is 9.45. The van der Waals surface area contributed by atoms with E-state index < -0.39 is 11.9 Å². The lowest BCUT2D eigenvalue weighted by molar-refractivity contribution is -0.130. The van der Waals surface area contributed by atoms with E-state index in [1.165, 1.54) is 4.90 Å². The molecule has 1 aliphatic heterocycles. The topological polar surface area (TPSA) is 198 Å². The number of rotatable bonds is 10. The Labute approximate surface area is 291 Å². The number of carbonyl (C=O) groups excluding carboxylic acids is 3. The summed E-state index contributed by atoms with van der Waals surface area (Å²) in [7, 11) is 0. The fourth-order valence-corrected chi connectivity index (χ4v) is 6.59. The number of nitrogens with two attached hydrogens (primary N) is 2. The molecule has 3 heterocycles. The minimum atomic E-state index is -0.951. The zero-order valence-corrected chi connectivity index (χ0v) is 28.3. The highest BCUT2D eigenvalue weighted by Gasteiger charge is 2.35. The normalized spacial score (nSPS) is 19.4. The van der Waals surface area contributed by atoms with E-state index in [0.29, 0.717) is 48.1 Å². The Balaban J connectivity index is 0.00000468. The van der Waals surface area contributed by atoms with Crippen LogP contribution in [0.5, 0.6) is 0 Å². The number of hydrogen-bond donors (Lipinski definition) is 5. The van der Waals surface area contributed by atoms with Crippen molar-refractivity contribution in [3.8, 4) is 22.5 Å². The number of halogens is 1. The summed E-state index contributed by atoms with van der Waals surface area (Å²) in [6.07, 6.45) is 4.22. The van der Waals surface area contributed by atoms with Gasteiger partial charge in [-0.25, -0.2) is 9.88 Å². The maximum Gasteiger partial charge on any atom is 0.270 e. The maximum atomic E-state index is 14.0. The van der Waals surface area contributed by atoms with Crippen molar-refractivity contribution in [3.63, 3.8) is 0 Å². The number of carbonyl (C=O) groups is 3. The van der Waals surface area contributed by atoms with E-state index in [2.05, 4.69) is 36.2 Å². The summed E-state index contributed by atoms with van der Waals surface area (Å²) >= 11 is 0. The number of aromatic amines is 1. The van der Waals surface area contributed by atoms with Gasteiger partial charge in [0.15, 0.2) is 0 Å². The summed E-state index contributed by atoms with van der Waals surface area (Å²) in [4.78, 5) is 46.4. The quantitative estimate of drug-likeness (QED) is 0.165. The van der Waals surface area contributed by atoms with Crippen molar-refractivity contribution in [2.24, 2.45) is 23.3 Å². The zero-order valence-electron chi connectivity index (χ0n) is 27.5. The highest BCUT2D eigenvalue weighted by molar-refractivity contribution is 6.17. The average molecular weight is 687 g/mol. The molecule has 3 amide bonds. The number of hydrogen-bond acceptors (Lipinski definition) is 10. The van der Waals surface area contributed by atoms with Gasteiger partial charge >= 0.3 is 0 Å². The minimum Gasteiger partial charge on any atom is -0.347 e. The first-order valence-electron chi connectivity index (χ1n) is 16.6. The van der Waals surface area contributed by atoms with Crippen molar-refractivity contribution in [1.82, 2.24) is 36.2 Å². The van der Waals surface area contributed by atoms with Gasteiger partial charge in [-0.05, 0) is 111 Å². The van der Waals surface area contributed by atoms with Crippen LogP contribution in [0.2, 0.25) is 0 Å². The van der Waals surface area contributed by atoms with Crippen molar-refractivity contribution in [1.29, 1.82) is 0 Å². The van der Waals surface area contributed by atoms with Crippen LogP contribution in [0.3, 0.4) is 0 Å². The van der Waals surface area contributed by atoms with Gasteiger partial charge in [0.1, 0.15) is 5.69 Å². The number of tetrazole rings is 1. The van der Waals surface area contributed by atoms with Gasteiger partial charge in [0.2, 0.25) is 11.7 Å². The summed E-state index contributed by atoms with van der Waals surface area (Å²) in [6.45, 7) is 4.15. The van der Waals surface area contributed by atoms with Crippen molar-refractivity contribution < 1.29 is 14.4 Å². The molecule has 258 valence electrons. The highest BCUT2D eigenvalue weighted by atomic mass is 35.5. The number of H-pyrrole nitrogens is 1. The molecule has 13 nitrogen and oxygen atoms in total. The average Bonchev–Trinajstić information content (AvgIpc) is 3.84. The number of nitrogens with one attached hydrogen (secondary N) is 3. The summed E-state index contributed by atoms with van der Waals surface area (Å²) < 4.78 is 0. The van der Waals surface area contributed by atoms with Gasteiger partial charge in [-0.2, -0.15) is 5.21 Å². The molecular weight excluding hydrogens is 644 g/mol. The van der Waals surface area contributed by atoms with Gasteiger partial charge in [-0.1, -0.05) is 30.3 Å². The second kappa shape index (κ2) is 16.2. The molecule has 14 heteroatoms. The third-order valence-corrected chi connectivity index (χ3v) is 9.45. The number of benzene rings is 2. The van der Waals surface area contributed by atoms with Crippen molar-refractivity contribution in [2.75, 3.05) is 24.5 Å². The molecule has 1 aliphatic carbocycles. The first kappa shape index (κ1) is 35.7. The fourth-order valence-electron chi connectivity index (χ4n) is 6.59. The van der Waals surface area contributed by atoms with Crippen LogP contribution in [0, 0.1) is 18.8 Å². The Kier molecular flexibility index (Phi) is 11.8. The van der Waals surface area contributed by atoms with Gasteiger partial charge in [0.25, 0.3) is 11.8 Å². The van der Waals surface area contributed by atoms with Gasteiger partial charge in [0, 0.05) is 35.3 Å². The van der Waals surface area contributed by atoms with Gasteiger partial charge in [-0.15, -0.1) is 22.6 Å². The van der Waals surface area contributed by atoms with Crippen LogP contribution < -0.4 is 27.0 Å². The molecule has 0 unspecified atom stereocenters. The van der Waals surface area contributed by atoms with E-state index in [-0.39, 0.29) is 42.6 Å².